The number of allylic oxidation sites excluding steroid dienone is 11. The first-order chi connectivity index (χ1) is 43.1. The summed E-state index contributed by atoms with van der Waals surface area (Å²) in [4.78, 5) is 13.3. The van der Waals surface area contributed by atoms with Crippen LogP contribution < -0.4 is 5.32 Å². The zero-order valence-corrected chi connectivity index (χ0v) is 55.7. The Kier molecular flexibility index (Phi) is 54.0. The minimum absolute atomic E-state index is 0.237. The van der Waals surface area contributed by atoms with Crippen LogP contribution in [0.1, 0.15) is 296 Å². The number of carbonyl (C=O) groups is 1. The van der Waals surface area contributed by atoms with E-state index in [0.29, 0.717) is 6.42 Å². The van der Waals surface area contributed by atoms with Crippen molar-refractivity contribution in [2.24, 2.45) is 0 Å². The van der Waals surface area contributed by atoms with Gasteiger partial charge in [0.05, 0.1) is 32.0 Å². The SMILES string of the molecule is CC/C=C\C/C=C\C/C=C\C/C=C\C/C=C\CCCCCCCCCCCCCCCCCCCC(=O)NC(COC1OC(CO)C(OC2OC(CO)C(O)C(O)C2O)C(O)C1O)C(O)/C=C/CCCCCCCCCCCCCCCCCCCCC. The van der Waals surface area contributed by atoms with Gasteiger partial charge in [0.1, 0.15) is 48.8 Å². The number of nitrogens with one attached hydrogen (secondary N) is 1. The van der Waals surface area contributed by atoms with Crippen LogP contribution >= 0.6 is 0 Å². The summed E-state index contributed by atoms with van der Waals surface area (Å²) in [5.74, 6) is -0.237. The number of hydrogen-bond donors (Lipinski definition) is 9. The standard InChI is InChI=1S/C74H133NO13/c1-3-5-7-9-11-13-15-17-19-21-23-25-26-27-28-29-30-31-32-33-34-35-36-38-40-42-44-46-48-50-52-54-56-58-66(79)75-62(63(78)57-55-53-51-49-47-45-43-41-39-37-24-22-20-18-16-14-12-10-8-6-4-2)61-85-73-71(84)69(82)72(65(60-77)87-73)88-74-70(83)68(81)67(80)64(59-76)86-74/h5,7,11,13,17,19,23,25,27-28,55,57,62-65,67-74,76-78,80-84H,3-4,6,8-10,12,14-16,18,20-22,24,26,29-54,56,58-61H2,1-2H3,(H,75,79)/b7-5-,13-11-,19-17-,25-23-,28-27-,57-55+. The fourth-order valence-corrected chi connectivity index (χ4v) is 11.7. The topological polar surface area (TPSA) is 228 Å². The molecule has 0 aliphatic carbocycles. The van der Waals surface area contributed by atoms with Crippen LogP contribution in [0, 0.1) is 0 Å². The maximum absolute atomic E-state index is 13.3. The summed E-state index contributed by atoms with van der Waals surface area (Å²) >= 11 is 0. The molecule has 0 radical (unpaired) electrons. The molecule has 0 aromatic heterocycles. The predicted molar refractivity (Wildman–Crippen MR) is 360 cm³/mol. The lowest BCUT2D eigenvalue weighted by atomic mass is 9.97. The Bertz CT molecular complexity index is 1750. The summed E-state index contributed by atoms with van der Waals surface area (Å²) in [5.41, 5.74) is 0. The lowest BCUT2D eigenvalue weighted by Crippen LogP contribution is -2.65. The maximum Gasteiger partial charge on any atom is 0.220 e. The van der Waals surface area contributed by atoms with Crippen LogP contribution in [0.15, 0.2) is 72.9 Å². The van der Waals surface area contributed by atoms with Crippen LogP contribution in [0.2, 0.25) is 0 Å². The monoisotopic (exact) mass is 1240 g/mol. The number of ether oxygens (including phenoxy) is 4. The molecule has 0 saturated carbocycles. The molecule has 14 nitrogen and oxygen atoms in total. The van der Waals surface area contributed by atoms with Gasteiger partial charge in [-0.3, -0.25) is 4.79 Å². The first-order valence-electron chi connectivity index (χ1n) is 36.2. The van der Waals surface area contributed by atoms with E-state index in [0.717, 1.165) is 70.6 Å². The van der Waals surface area contributed by atoms with Crippen molar-refractivity contribution >= 4 is 5.91 Å². The molecule has 2 aliphatic rings. The first kappa shape index (κ1) is 81.5. The number of carbonyl (C=O) groups excluding carboxylic acids is 1. The van der Waals surface area contributed by atoms with Crippen molar-refractivity contribution in [1.82, 2.24) is 5.32 Å². The Morgan fingerprint density at radius 3 is 1.20 bits per heavy atom. The third-order valence-corrected chi connectivity index (χ3v) is 17.4. The van der Waals surface area contributed by atoms with Gasteiger partial charge < -0.3 is 65.1 Å². The Balaban J connectivity index is 1.65. The molecule has 2 saturated heterocycles. The van der Waals surface area contributed by atoms with Crippen molar-refractivity contribution in [1.29, 1.82) is 0 Å². The van der Waals surface area contributed by atoms with Crippen LogP contribution in [-0.4, -0.2) is 140 Å². The van der Waals surface area contributed by atoms with Crippen molar-refractivity contribution in [2.75, 3.05) is 19.8 Å². The van der Waals surface area contributed by atoms with Crippen molar-refractivity contribution in [3.05, 3.63) is 72.9 Å². The van der Waals surface area contributed by atoms with Crippen molar-refractivity contribution in [2.45, 2.75) is 370 Å². The Morgan fingerprint density at radius 2 is 0.784 bits per heavy atom. The highest BCUT2D eigenvalue weighted by molar-refractivity contribution is 5.76. The lowest BCUT2D eigenvalue weighted by Gasteiger charge is -2.46. The molecule has 0 aromatic carbocycles. The summed E-state index contributed by atoms with van der Waals surface area (Å²) in [6.45, 7) is 2.72. The maximum atomic E-state index is 13.3. The largest absolute Gasteiger partial charge is 0.394 e. The second-order valence-electron chi connectivity index (χ2n) is 25.3. The second kappa shape index (κ2) is 58.3. The summed E-state index contributed by atoms with van der Waals surface area (Å²) in [7, 11) is 0. The van der Waals surface area contributed by atoms with Gasteiger partial charge in [0.25, 0.3) is 0 Å². The van der Waals surface area contributed by atoms with E-state index in [2.05, 4.69) is 79.9 Å². The first-order valence-corrected chi connectivity index (χ1v) is 36.2. The van der Waals surface area contributed by atoms with E-state index in [9.17, 15) is 45.6 Å². The lowest BCUT2D eigenvalue weighted by molar-refractivity contribution is -0.359. The number of rotatable bonds is 59. The Labute approximate surface area is 536 Å². The van der Waals surface area contributed by atoms with Crippen molar-refractivity contribution in [3.8, 4) is 0 Å². The summed E-state index contributed by atoms with van der Waals surface area (Å²) in [5, 5.41) is 87.5. The van der Waals surface area contributed by atoms with E-state index in [1.807, 2.05) is 6.08 Å². The Morgan fingerprint density at radius 1 is 0.420 bits per heavy atom. The highest BCUT2D eigenvalue weighted by Gasteiger charge is 2.51. The third-order valence-electron chi connectivity index (χ3n) is 17.4. The molecule has 2 heterocycles. The highest BCUT2D eigenvalue weighted by Crippen LogP contribution is 2.30. The van der Waals surface area contributed by atoms with Crippen LogP contribution in [0.5, 0.6) is 0 Å². The molecule has 12 unspecified atom stereocenters. The van der Waals surface area contributed by atoms with E-state index in [1.165, 1.54) is 199 Å². The van der Waals surface area contributed by atoms with Crippen LogP contribution in [-0.2, 0) is 23.7 Å². The number of aliphatic hydroxyl groups is 8. The van der Waals surface area contributed by atoms with Crippen molar-refractivity contribution < 1.29 is 64.6 Å². The second-order valence-corrected chi connectivity index (χ2v) is 25.3. The van der Waals surface area contributed by atoms with Gasteiger partial charge in [0.15, 0.2) is 12.6 Å². The molecular formula is C74H133NO13. The molecule has 88 heavy (non-hydrogen) atoms. The fourth-order valence-electron chi connectivity index (χ4n) is 11.7. The van der Waals surface area contributed by atoms with Crippen LogP contribution in [0.4, 0.5) is 0 Å². The van der Waals surface area contributed by atoms with Crippen LogP contribution in [0.25, 0.3) is 0 Å². The molecular weight excluding hydrogens is 1110 g/mol. The van der Waals surface area contributed by atoms with E-state index in [4.69, 9.17) is 18.9 Å². The summed E-state index contributed by atoms with van der Waals surface area (Å²) in [6.07, 6.45) is 62.4. The molecule has 12 atom stereocenters. The van der Waals surface area contributed by atoms with Gasteiger partial charge in [-0.15, -0.1) is 0 Å². The summed E-state index contributed by atoms with van der Waals surface area (Å²) in [6, 6.07) is -0.918. The van der Waals surface area contributed by atoms with Gasteiger partial charge in [-0.05, 0) is 64.2 Å². The van der Waals surface area contributed by atoms with E-state index in [1.54, 1.807) is 6.08 Å². The smallest absolute Gasteiger partial charge is 0.220 e. The number of aliphatic hydroxyl groups excluding tert-OH is 8. The van der Waals surface area contributed by atoms with E-state index < -0.39 is 86.8 Å². The van der Waals surface area contributed by atoms with Crippen molar-refractivity contribution in [3.63, 3.8) is 0 Å². The predicted octanol–water partition coefficient (Wildman–Crippen LogP) is 15.0. The number of unbranched alkanes of at least 4 members (excludes halogenated alkanes) is 36. The Hall–Kier alpha value is -2.57. The average molecular weight is 1240 g/mol. The molecule has 512 valence electrons. The molecule has 9 N–H and O–H groups in total. The normalized spacial score (nSPS) is 23.6. The minimum Gasteiger partial charge on any atom is -0.394 e. The van der Waals surface area contributed by atoms with E-state index in [-0.39, 0.29) is 18.9 Å². The molecule has 0 aromatic rings. The number of amides is 1. The van der Waals surface area contributed by atoms with Crippen LogP contribution in [0.3, 0.4) is 0 Å². The molecule has 14 heteroatoms. The van der Waals surface area contributed by atoms with Gasteiger partial charge in [-0.2, -0.15) is 0 Å². The third kappa shape index (κ3) is 41.8. The minimum atomic E-state index is -1.79. The molecule has 0 spiro atoms. The zero-order chi connectivity index (χ0) is 63.8. The quantitative estimate of drug-likeness (QED) is 0.0204. The molecule has 0 bridgehead atoms. The number of hydrogen-bond acceptors (Lipinski definition) is 13. The molecule has 2 fully saturated rings. The average Bonchev–Trinajstić information content (AvgIpc) is 2.07. The molecule has 2 aliphatic heterocycles. The highest BCUT2D eigenvalue weighted by atomic mass is 16.7. The van der Waals surface area contributed by atoms with Gasteiger partial charge in [0, 0.05) is 6.42 Å². The summed E-state index contributed by atoms with van der Waals surface area (Å²) < 4.78 is 22.9. The fraction of sp³-hybridized carbons (Fsp3) is 0.824. The van der Waals surface area contributed by atoms with Gasteiger partial charge in [-0.1, -0.05) is 299 Å². The van der Waals surface area contributed by atoms with Gasteiger partial charge >= 0.3 is 0 Å². The van der Waals surface area contributed by atoms with E-state index >= 15 is 0 Å². The molecule has 1 amide bonds. The van der Waals surface area contributed by atoms with Gasteiger partial charge in [-0.25, -0.2) is 0 Å². The van der Waals surface area contributed by atoms with Gasteiger partial charge in [0.2, 0.25) is 5.91 Å². The molecule has 2 rings (SSSR count). The zero-order valence-electron chi connectivity index (χ0n) is 55.7.